The van der Waals surface area contributed by atoms with E-state index in [1.165, 1.54) is 25.8 Å². The van der Waals surface area contributed by atoms with Gasteiger partial charge in [0.15, 0.2) is 11.5 Å². The summed E-state index contributed by atoms with van der Waals surface area (Å²) >= 11 is 6.18. The molecule has 20 heavy (non-hydrogen) atoms. The van der Waals surface area contributed by atoms with Gasteiger partial charge >= 0.3 is 0 Å². The molecule has 4 nitrogen and oxygen atoms in total. The van der Waals surface area contributed by atoms with Crippen LogP contribution in [0.15, 0.2) is 12.1 Å². The highest BCUT2D eigenvalue weighted by Crippen LogP contribution is 2.39. The van der Waals surface area contributed by atoms with E-state index in [9.17, 15) is 0 Å². The zero-order valence-corrected chi connectivity index (χ0v) is 12.6. The Morgan fingerprint density at radius 3 is 3.10 bits per heavy atom. The molecule has 1 unspecified atom stereocenters. The summed E-state index contributed by atoms with van der Waals surface area (Å²) in [6.07, 6.45) is 3.95. The molecular weight excluding hydrogens is 276 g/mol. The predicted octanol–water partition coefficient (Wildman–Crippen LogP) is 2.64. The summed E-state index contributed by atoms with van der Waals surface area (Å²) in [4.78, 5) is 2.45. The lowest BCUT2D eigenvalue weighted by atomic mass is 10.0. The average Bonchev–Trinajstić information content (AvgIpc) is 2.90. The summed E-state index contributed by atoms with van der Waals surface area (Å²) in [5.41, 5.74) is 1.14. The molecule has 0 aromatic heterocycles. The van der Waals surface area contributed by atoms with Crippen LogP contribution in [0, 0.1) is 0 Å². The number of hydrogen-bond acceptors (Lipinski definition) is 4. The van der Waals surface area contributed by atoms with Crippen LogP contribution in [-0.2, 0) is 6.54 Å². The van der Waals surface area contributed by atoms with E-state index >= 15 is 0 Å². The first kappa shape index (κ1) is 14.0. The minimum Gasteiger partial charge on any atom is -0.454 e. The number of piperidine rings is 1. The molecule has 0 amide bonds. The highest BCUT2D eigenvalue weighted by molar-refractivity contribution is 6.32. The van der Waals surface area contributed by atoms with E-state index in [1.807, 2.05) is 12.1 Å². The molecule has 2 heterocycles. The zero-order valence-electron chi connectivity index (χ0n) is 11.8. The van der Waals surface area contributed by atoms with Crippen LogP contribution in [0.4, 0.5) is 0 Å². The predicted molar refractivity (Wildman–Crippen MR) is 79.6 cm³/mol. The molecule has 2 aliphatic rings. The van der Waals surface area contributed by atoms with Gasteiger partial charge in [-0.25, -0.2) is 0 Å². The van der Waals surface area contributed by atoms with E-state index in [-0.39, 0.29) is 6.79 Å². The molecule has 110 valence electrons. The second kappa shape index (κ2) is 6.20. The molecule has 1 aromatic carbocycles. The first-order valence-corrected chi connectivity index (χ1v) is 7.61. The van der Waals surface area contributed by atoms with E-state index in [4.69, 9.17) is 21.1 Å². The first-order valence-electron chi connectivity index (χ1n) is 7.23. The maximum Gasteiger partial charge on any atom is 0.231 e. The summed E-state index contributed by atoms with van der Waals surface area (Å²) in [5, 5.41) is 4.15. The van der Waals surface area contributed by atoms with Gasteiger partial charge in [0.05, 0.1) is 5.02 Å². The number of benzene rings is 1. The molecule has 0 saturated carbocycles. The normalized spacial score (nSPS) is 22.2. The minimum absolute atomic E-state index is 0.263. The lowest BCUT2D eigenvalue weighted by molar-refractivity contribution is 0.174. The van der Waals surface area contributed by atoms with Crippen molar-refractivity contribution in [2.75, 3.05) is 26.9 Å². The number of likely N-dealkylation sites (N-methyl/N-ethyl adjacent to an activating group) is 1. The molecule has 1 aromatic rings. The zero-order chi connectivity index (χ0) is 13.9. The summed E-state index contributed by atoms with van der Waals surface area (Å²) < 4.78 is 10.7. The minimum atomic E-state index is 0.263. The largest absolute Gasteiger partial charge is 0.454 e. The van der Waals surface area contributed by atoms with Crippen LogP contribution in [0.5, 0.6) is 11.5 Å². The van der Waals surface area contributed by atoms with Crippen LogP contribution in [0.1, 0.15) is 24.8 Å². The average molecular weight is 297 g/mol. The van der Waals surface area contributed by atoms with Crippen LogP contribution in [-0.4, -0.2) is 37.9 Å². The number of likely N-dealkylation sites (tertiary alicyclic amines) is 1. The molecule has 5 heteroatoms. The second-order valence-corrected chi connectivity index (χ2v) is 5.98. The highest BCUT2D eigenvalue weighted by Gasteiger charge is 2.20. The Hall–Kier alpha value is -0.970. The maximum absolute atomic E-state index is 6.18. The number of hydrogen-bond donors (Lipinski definition) is 1. The van der Waals surface area contributed by atoms with Gasteiger partial charge in [0.1, 0.15) is 0 Å². The number of nitrogens with zero attached hydrogens (tertiary/aromatic N) is 1. The topological polar surface area (TPSA) is 33.7 Å². The summed E-state index contributed by atoms with van der Waals surface area (Å²) in [5.74, 6) is 1.42. The molecule has 1 saturated heterocycles. The quantitative estimate of drug-likeness (QED) is 0.926. The molecular formula is C15H21ClN2O2. The Morgan fingerprint density at radius 2 is 2.25 bits per heavy atom. The number of nitrogens with one attached hydrogen (secondary N) is 1. The SMILES string of the molecule is CN1CCCCC1CNCc1cc(Cl)c2c(c1)OCO2. The Bertz CT molecular complexity index is 481. The third-order valence-electron chi connectivity index (χ3n) is 4.12. The molecule has 1 fully saturated rings. The third kappa shape index (κ3) is 3.03. The first-order chi connectivity index (χ1) is 9.74. The molecule has 3 rings (SSSR count). The van der Waals surface area contributed by atoms with Crippen LogP contribution < -0.4 is 14.8 Å². The fourth-order valence-electron chi connectivity index (χ4n) is 2.91. The third-order valence-corrected chi connectivity index (χ3v) is 4.40. The Morgan fingerprint density at radius 1 is 1.35 bits per heavy atom. The second-order valence-electron chi connectivity index (χ2n) is 5.57. The van der Waals surface area contributed by atoms with E-state index < -0.39 is 0 Å². The van der Waals surface area contributed by atoms with Crippen molar-refractivity contribution >= 4 is 11.6 Å². The van der Waals surface area contributed by atoms with E-state index in [2.05, 4.69) is 17.3 Å². The van der Waals surface area contributed by atoms with Crippen molar-refractivity contribution < 1.29 is 9.47 Å². The molecule has 2 aliphatic heterocycles. The standard InChI is InChI=1S/C15H21ClN2O2/c1-18-5-3-2-4-12(18)9-17-8-11-6-13(16)15-14(7-11)19-10-20-15/h6-7,12,17H,2-5,8-10H2,1H3. The summed E-state index contributed by atoms with van der Waals surface area (Å²) in [7, 11) is 2.21. The van der Waals surface area contributed by atoms with Gasteiger partial charge in [0.25, 0.3) is 0 Å². The lowest BCUT2D eigenvalue weighted by Gasteiger charge is -2.32. The maximum atomic E-state index is 6.18. The van der Waals surface area contributed by atoms with Gasteiger partial charge in [-0.3, -0.25) is 0 Å². The van der Waals surface area contributed by atoms with Crippen molar-refractivity contribution in [2.45, 2.75) is 31.8 Å². The van der Waals surface area contributed by atoms with Crippen LogP contribution >= 0.6 is 11.6 Å². The van der Waals surface area contributed by atoms with Gasteiger partial charge in [-0.2, -0.15) is 0 Å². The van der Waals surface area contributed by atoms with Crippen molar-refractivity contribution in [2.24, 2.45) is 0 Å². The van der Waals surface area contributed by atoms with Crippen molar-refractivity contribution in [3.8, 4) is 11.5 Å². The van der Waals surface area contributed by atoms with E-state index in [0.29, 0.717) is 16.8 Å². The summed E-state index contributed by atoms with van der Waals surface area (Å²) in [6.45, 7) is 3.30. The molecule has 0 spiro atoms. The van der Waals surface area contributed by atoms with E-state index in [1.54, 1.807) is 0 Å². The monoisotopic (exact) mass is 296 g/mol. The van der Waals surface area contributed by atoms with Crippen LogP contribution in [0.3, 0.4) is 0 Å². The van der Waals surface area contributed by atoms with Crippen molar-refractivity contribution in [3.63, 3.8) is 0 Å². The number of halogens is 1. The number of rotatable bonds is 4. The van der Waals surface area contributed by atoms with Gasteiger partial charge in [-0.05, 0) is 44.1 Å². The fraction of sp³-hybridized carbons (Fsp3) is 0.600. The van der Waals surface area contributed by atoms with E-state index in [0.717, 1.165) is 24.4 Å². The van der Waals surface area contributed by atoms with Gasteiger partial charge in [-0.15, -0.1) is 0 Å². The Balaban J connectivity index is 1.55. The van der Waals surface area contributed by atoms with Gasteiger partial charge in [0.2, 0.25) is 6.79 Å². The van der Waals surface area contributed by atoms with Gasteiger partial charge < -0.3 is 19.7 Å². The fourth-order valence-corrected chi connectivity index (χ4v) is 3.20. The molecule has 0 aliphatic carbocycles. The van der Waals surface area contributed by atoms with Crippen molar-refractivity contribution in [3.05, 3.63) is 22.7 Å². The Kier molecular flexibility index (Phi) is 4.34. The lowest BCUT2D eigenvalue weighted by Crippen LogP contribution is -2.42. The molecule has 1 atom stereocenters. The number of fused-ring (bicyclic) bond motifs is 1. The smallest absolute Gasteiger partial charge is 0.231 e. The van der Waals surface area contributed by atoms with Gasteiger partial charge in [-0.1, -0.05) is 18.0 Å². The summed E-state index contributed by atoms with van der Waals surface area (Å²) in [6, 6.07) is 4.60. The van der Waals surface area contributed by atoms with Crippen molar-refractivity contribution in [1.82, 2.24) is 10.2 Å². The Labute approximate surface area is 125 Å². The van der Waals surface area contributed by atoms with Crippen LogP contribution in [0.2, 0.25) is 5.02 Å². The molecule has 0 bridgehead atoms. The molecule has 1 N–H and O–H groups in total. The van der Waals surface area contributed by atoms with Gasteiger partial charge in [0, 0.05) is 19.1 Å². The highest BCUT2D eigenvalue weighted by atomic mass is 35.5. The molecule has 0 radical (unpaired) electrons. The number of ether oxygens (including phenoxy) is 2. The van der Waals surface area contributed by atoms with Crippen molar-refractivity contribution in [1.29, 1.82) is 0 Å². The van der Waals surface area contributed by atoms with Crippen LogP contribution in [0.25, 0.3) is 0 Å².